The van der Waals surface area contributed by atoms with Gasteiger partial charge in [0, 0.05) is 16.6 Å². The van der Waals surface area contributed by atoms with Gasteiger partial charge in [-0.05, 0) is 6.92 Å². The van der Waals surface area contributed by atoms with Gasteiger partial charge in [-0.1, -0.05) is 30.3 Å². The highest BCUT2D eigenvalue weighted by atomic mass is 32.1. The van der Waals surface area contributed by atoms with Crippen molar-refractivity contribution in [2.45, 2.75) is 6.92 Å². The third kappa shape index (κ3) is 1.26. The fourth-order valence-corrected chi connectivity index (χ4v) is 2.43. The molecule has 4 heteroatoms. The van der Waals surface area contributed by atoms with E-state index in [-0.39, 0.29) is 0 Å². The molecule has 0 aliphatic heterocycles. The zero-order chi connectivity index (χ0) is 10.3. The standard InChI is InChI=1S/C11H9N3S/c1-8-7-15-11-13-12-10(14(8)11)9-5-3-2-4-6-9/h2-7H,1H3. The average Bonchev–Trinajstić information content (AvgIpc) is 2.84. The molecule has 0 atom stereocenters. The summed E-state index contributed by atoms with van der Waals surface area (Å²) in [5.41, 5.74) is 2.28. The molecule has 0 N–H and O–H groups in total. The molecule has 0 unspecified atom stereocenters. The van der Waals surface area contributed by atoms with Gasteiger partial charge >= 0.3 is 0 Å². The average molecular weight is 215 g/mol. The molecule has 1 aromatic carbocycles. The number of hydrogen-bond acceptors (Lipinski definition) is 3. The van der Waals surface area contributed by atoms with Crippen LogP contribution in [0.15, 0.2) is 35.7 Å². The first kappa shape index (κ1) is 8.61. The molecule has 2 aromatic heterocycles. The van der Waals surface area contributed by atoms with Crippen LogP contribution in [-0.2, 0) is 0 Å². The van der Waals surface area contributed by atoms with Crippen LogP contribution in [0.25, 0.3) is 16.3 Å². The van der Waals surface area contributed by atoms with Gasteiger partial charge in [0.25, 0.3) is 0 Å². The Morgan fingerprint density at radius 3 is 2.73 bits per heavy atom. The van der Waals surface area contributed by atoms with Gasteiger partial charge in [0.15, 0.2) is 5.82 Å². The highest BCUT2D eigenvalue weighted by Gasteiger charge is 2.10. The molecule has 2 heterocycles. The normalized spacial score (nSPS) is 11.0. The van der Waals surface area contributed by atoms with Crippen LogP contribution < -0.4 is 0 Å². The van der Waals surface area contributed by atoms with Gasteiger partial charge in [-0.2, -0.15) is 0 Å². The van der Waals surface area contributed by atoms with Crippen molar-refractivity contribution in [2.24, 2.45) is 0 Å². The smallest absolute Gasteiger partial charge is 0.216 e. The molecule has 3 aromatic rings. The minimum atomic E-state index is 0.921. The second-order valence-corrected chi connectivity index (χ2v) is 4.22. The molecule has 15 heavy (non-hydrogen) atoms. The van der Waals surface area contributed by atoms with E-state index in [4.69, 9.17) is 0 Å². The Kier molecular flexibility index (Phi) is 1.82. The fourth-order valence-electron chi connectivity index (χ4n) is 1.63. The summed E-state index contributed by atoms with van der Waals surface area (Å²) >= 11 is 1.62. The van der Waals surface area contributed by atoms with Gasteiger partial charge in [-0.3, -0.25) is 4.40 Å². The number of fused-ring (bicyclic) bond motifs is 1. The molecule has 0 aliphatic rings. The summed E-state index contributed by atoms with van der Waals surface area (Å²) in [6, 6.07) is 10.1. The van der Waals surface area contributed by atoms with Gasteiger partial charge in [0.2, 0.25) is 4.96 Å². The number of thiazole rings is 1. The molecule has 0 saturated carbocycles. The summed E-state index contributed by atoms with van der Waals surface area (Å²) in [5.74, 6) is 0.921. The number of hydrogen-bond donors (Lipinski definition) is 0. The van der Waals surface area contributed by atoms with Crippen molar-refractivity contribution in [1.29, 1.82) is 0 Å². The van der Waals surface area contributed by atoms with Gasteiger partial charge < -0.3 is 0 Å². The van der Waals surface area contributed by atoms with Crippen molar-refractivity contribution >= 4 is 16.3 Å². The van der Waals surface area contributed by atoms with E-state index >= 15 is 0 Å². The van der Waals surface area contributed by atoms with Gasteiger partial charge in [0.1, 0.15) is 0 Å². The van der Waals surface area contributed by atoms with Crippen LogP contribution in [-0.4, -0.2) is 14.6 Å². The Hall–Kier alpha value is -1.68. The molecule has 0 aliphatic carbocycles. The topological polar surface area (TPSA) is 30.2 Å². The fraction of sp³-hybridized carbons (Fsp3) is 0.0909. The summed E-state index contributed by atoms with van der Waals surface area (Å²) in [6.45, 7) is 2.07. The molecule has 0 spiro atoms. The Morgan fingerprint density at radius 2 is 1.93 bits per heavy atom. The Labute approximate surface area is 91.0 Å². The number of aryl methyl sites for hydroxylation is 1. The minimum absolute atomic E-state index is 0.921. The van der Waals surface area contributed by atoms with Gasteiger partial charge in [-0.25, -0.2) is 0 Å². The predicted molar refractivity (Wildman–Crippen MR) is 61.0 cm³/mol. The Bertz CT molecular complexity index is 595. The first-order valence-corrected chi connectivity index (χ1v) is 5.59. The number of rotatable bonds is 1. The highest BCUT2D eigenvalue weighted by Crippen LogP contribution is 2.22. The summed E-state index contributed by atoms with van der Waals surface area (Å²) in [5, 5.41) is 10.5. The third-order valence-corrected chi connectivity index (χ3v) is 3.29. The van der Waals surface area contributed by atoms with Gasteiger partial charge in [0.05, 0.1) is 0 Å². The molecular weight excluding hydrogens is 206 g/mol. The Balaban J connectivity index is 2.31. The van der Waals surface area contributed by atoms with Crippen molar-refractivity contribution < 1.29 is 0 Å². The van der Waals surface area contributed by atoms with Crippen molar-refractivity contribution in [3.05, 3.63) is 41.4 Å². The van der Waals surface area contributed by atoms with E-state index in [1.165, 1.54) is 5.69 Å². The zero-order valence-corrected chi connectivity index (χ0v) is 9.03. The number of aromatic nitrogens is 3. The largest absolute Gasteiger partial charge is 0.270 e. The molecule has 0 fully saturated rings. The second kappa shape index (κ2) is 3.17. The maximum absolute atomic E-state index is 4.21. The van der Waals surface area contributed by atoms with E-state index < -0.39 is 0 Å². The minimum Gasteiger partial charge on any atom is -0.270 e. The molecule has 0 amide bonds. The summed E-state index contributed by atoms with van der Waals surface area (Å²) < 4.78 is 2.08. The van der Waals surface area contributed by atoms with E-state index in [9.17, 15) is 0 Å². The SMILES string of the molecule is Cc1csc2nnc(-c3ccccc3)n12. The van der Waals surface area contributed by atoms with E-state index in [2.05, 4.69) is 26.9 Å². The molecule has 0 bridgehead atoms. The van der Waals surface area contributed by atoms with Crippen LogP contribution in [0, 0.1) is 6.92 Å². The maximum atomic E-state index is 4.21. The van der Waals surface area contributed by atoms with E-state index in [1.54, 1.807) is 11.3 Å². The zero-order valence-electron chi connectivity index (χ0n) is 8.21. The van der Waals surface area contributed by atoms with Crippen LogP contribution in [0.4, 0.5) is 0 Å². The summed E-state index contributed by atoms with van der Waals surface area (Å²) in [7, 11) is 0. The monoisotopic (exact) mass is 215 g/mol. The van der Waals surface area contributed by atoms with Crippen molar-refractivity contribution in [3.63, 3.8) is 0 Å². The summed E-state index contributed by atoms with van der Waals surface area (Å²) in [6.07, 6.45) is 0. The molecule has 0 radical (unpaired) electrons. The third-order valence-electron chi connectivity index (χ3n) is 2.35. The van der Waals surface area contributed by atoms with Crippen LogP contribution in [0.5, 0.6) is 0 Å². The lowest BCUT2D eigenvalue weighted by Gasteiger charge is -1.97. The predicted octanol–water partition coefficient (Wildman–Crippen LogP) is 2.77. The van der Waals surface area contributed by atoms with E-state index in [1.807, 2.05) is 30.3 Å². The van der Waals surface area contributed by atoms with Gasteiger partial charge in [-0.15, -0.1) is 21.5 Å². The quantitative estimate of drug-likeness (QED) is 0.624. The van der Waals surface area contributed by atoms with Crippen LogP contribution in [0.1, 0.15) is 5.69 Å². The van der Waals surface area contributed by atoms with Crippen molar-refractivity contribution in [1.82, 2.24) is 14.6 Å². The molecule has 3 nitrogen and oxygen atoms in total. The van der Waals surface area contributed by atoms with Crippen LogP contribution >= 0.6 is 11.3 Å². The number of nitrogens with zero attached hydrogens (tertiary/aromatic N) is 3. The van der Waals surface area contributed by atoms with E-state index in [0.717, 1.165) is 16.3 Å². The van der Waals surface area contributed by atoms with Crippen molar-refractivity contribution in [2.75, 3.05) is 0 Å². The first-order chi connectivity index (χ1) is 7.36. The molecule has 0 saturated heterocycles. The lowest BCUT2D eigenvalue weighted by molar-refractivity contribution is 1.09. The lowest BCUT2D eigenvalue weighted by Crippen LogP contribution is -1.89. The molecular formula is C11H9N3S. The second-order valence-electron chi connectivity index (χ2n) is 3.38. The lowest BCUT2D eigenvalue weighted by atomic mass is 10.2. The molecule has 3 rings (SSSR count). The van der Waals surface area contributed by atoms with Crippen LogP contribution in [0.3, 0.4) is 0 Å². The highest BCUT2D eigenvalue weighted by molar-refractivity contribution is 7.15. The van der Waals surface area contributed by atoms with E-state index in [0.29, 0.717) is 0 Å². The first-order valence-electron chi connectivity index (χ1n) is 4.71. The van der Waals surface area contributed by atoms with Crippen LogP contribution in [0.2, 0.25) is 0 Å². The maximum Gasteiger partial charge on any atom is 0.216 e. The number of benzene rings is 1. The Morgan fingerprint density at radius 1 is 1.13 bits per heavy atom. The molecule has 74 valence electrons. The van der Waals surface area contributed by atoms with Crippen molar-refractivity contribution in [3.8, 4) is 11.4 Å². The summed E-state index contributed by atoms with van der Waals surface area (Å²) in [4.78, 5) is 0.950.